The summed E-state index contributed by atoms with van der Waals surface area (Å²) in [6, 6.07) is 0. The fraction of sp³-hybridized carbons (Fsp3) is 0.333. The van der Waals surface area contributed by atoms with E-state index in [1.165, 1.54) is 6.20 Å². The molecule has 14 heavy (non-hydrogen) atoms. The molecule has 3 nitrogen and oxygen atoms in total. The van der Waals surface area contributed by atoms with Crippen LogP contribution in [0.4, 0.5) is 18.3 Å². The maximum Gasteiger partial charge on any atom is 0.397 e. The lowest BCUT2D eigenvalue weighted by molar-refractivity contribution is -0.150. The summed E-state index contributed by atoms with van der Waals surface area (Å²) in [6.45, 7) is 0. The van der Waals surface area contributed by atoms with Crippen molar-refractivity contribution in [1.82, 2.24) is 4.98 Å². The number of aromatic nitrogens is 1. The molecular formula is C6H4BrF3N2OS. The minimum atomic E-state index is -4.49. The van der Waals surface area contributed by atoms with Crippen LogP contribution in [0.2, 0.25) is 0 Å². The number of hydrogen-bond donors (Lipinski definition) is 1. The molecule has 0 aromatic carbocycles. The van der Waals surface area contributed by atoms with E-state index in [1.54, 1.807) is 0 Å². The minimum Gasteiger partial charge on any atom is -0.302 e. The number of halogens is 4. The fourth-order valence-corrected chi connectivity index (χ4v) is 1.78. The number of anilines is 1. The lowest BCUT2D eigenvalue weighted by Crippen LogP contribution is -2.20. The van der Waals surface area contributed by atoms with Gasteiger partial charge in [0, 0.05) is 0 Å². The molecule has 0 saturated heterocycles. The molecule has 0 aliphatic carbocycles. The van der Waals surface area contributed by atoms with Gasteiger partial charge in [-0.25, -0.2) is 4.98 Å². The van der Waals surface area contributed by atoms with E-state index in [0.717, 1.165) is 11.3 Å². The molecule has 78 valence electrons. The van der Waals surface area contributed by atoms with Gasteiger partial charge in [-0.1, -0.05) is 11.3 Å². The smallest absolute Gasteiger partial charge is 0.302 e. The zero-order chi connectivity index (χ0) is 10.8. The van der Waals surface area contributed by atoms with Crippen LogP contribution in [0, 0.1) is 0 Å². The number of amides is 1. The van der Waals surface area contributed by atoms with Crippen LogP contribution in [0.15, 0.2) is 9.98 Å². The summed E-state index contributed by atoms with van der Waals surface area (Å²) in [6.07, 6.45) is -4.59. The molecule has 1 N–H and O–H groups in total. The molecule has 0 atom stereocenters. The van der Waals surface area contributed by atoms with E-state index in [-0.39, 0.29) is 5.13 Å². The Kier molecular flexibility index (Phi) is 3.48. The van der Waals surface area contributed by atoms with Crippen LogP contribution in [-0.4, -0.2) is 17.1 Å². The van der Waals surface area contributed by atoms with Crippen molar-refractivity contribution in [2.45, 2.75) is 12.6 Å². The third kappa shape index (κ3) is 4.05. The van der Waals surface area contributed by atoms with Gasteiger partial charge in [-0.05, 0) is 15.9 Å². The first-order valence-electron chi connectivity index (χ1n) is 3.35. The number of rotatable bonds is 2. The normalized spacial score (nSPS) is 11.4. The fourth-order valence-electron chi connectivity index (χ4n) is 0.658. The third-order valence-electron chi connectivity index (χ3n) is 1.08. The highest BCUT2D eigenvalue weighted by molar-refractivity contribution is 9.11. The van der Waals surface area contributed by atoms with Gasteiger partial charge in [-0.2, -0.15) is 13.2 Å². The van der Waals surface area contributed by atoms with Gasteiger partial charge >= 0.3 is 6.18 Å². The molecule has 1 amide bonds. The monoisotopic (exact) mass is 288 g/mol. The molecule has 1 aromatic heterocycles. The summed E-state index contributed by atoms with van der Waals surface area (Å²) < 4.78 is 35.8. The standard InChI is InChI=1S/C6H4BrF3N2OS/c7-3-2-11-5(14-3)12-4(13)1-6(8,9)10/h2H,1H2,(H,11,12,13). The number of nitrogens with zero attached hydrogens (tertiary/aromatic N) is 1. The van der Waals surface area contributed by atoms with Crippen molar-refractivity contribution in [3.8, 4) is 0 Å². The quantitative estimate of drug-likeness (QED) is 0.909. The Morgan fingerprint density at radius 1 is 1.64 bits per heavy atom. The number of alkyl halides is 3. The zero-order valence-electron chi connectivity index (χ0n) is 6.56. The van der Waals surface area contributed by atoms with Crippen LogP contribution >= 0.6 is 27.3 Å². The van der Waals surface area contributed by atoms with Gasteiger partial charge in [-0.3, -0.25) is 4.79 Å². The Morgan fingerprint density at radius 2 is 2.29 bits per heavy atom. The second kappa shape index (κ2) is 4.26. The second-order valence-corrected chi connectivity index (χ2v) is 4.72. The van der Waals surface area contributed by atoms with Crippen molar-refractivity contribution in [1.29, 1.82) is 0 Å². The Bertz CT molecular complexity index is 338. The van der Waals surface area contributed by atoms with Gasteiger partial charge in [0.2, 0.25) is 5.91 Å². The van der Waals surface area contributed by atoms with Gasteiger partial charge in [-0.15, -0.1) is 0 Å². The summed E-state index contributed by atoms with van der Waals surface area (Å²) in [7, 11) is 0. The van der Waals surface area contributed by atoms with Crippen molar-refractivity contribution in [2.75, 3.05) is 5.32 Å². The Balaban J connectivity index is 2.50. The zero-order valence-corrected chi connectivity index (χ0v) is 8.96. The van der Waals surface area contributed by atoms with E-state index in [0.29, 0.717) is 3.79 Å². The molecule has 0 aliphatic heterocycles. The van der Waals surface area contributed by atoms with E-state index in [4.69, 9.17) is 0 Å². The van der Waals surface area contributed by atoms with E-state index < -0.39 is 18.5 Å². The predicted molar refractivity (Wildman–Crippen MR) is 49.1 cm³/mol. The SMILES string of the molecule is O=C(CC(F)(F)F)Nc1ncc(Br)s1. The van der Waals surface area contributed by atoms with Gasteiger partial charge < -0.3 is 5.32 Å². The average Bonchev–Trinajstić information content (AvgIpc) is 2.30. The van der Waals surface area contributed by atoms with E-state index in [2.05, 4.69) is 20.9 Å². The van der Waals surface area contributed by atoms with Crippen molar-refractivity contribution in [3.05, 3.63) is 9.98 Å². The summed E-state index contributed by atoms with van der Waals surface area (Å²) in [4.78, 5) is 14.4. The number of carbonyl (C=O) groups is 1. The summed E-state index contributed by atoms with van der Waals surface area (Å²) in [5.41, 5.74) is 0. The predicted octanol–water partition coefficient (Wildman–Crippen LogP) is 2.80. The van der Waals surface area contributed by atoms with Crippen LogP contribution in [-0.2, 0) is 4.79 Å². The highest BCUT2D eigenvalue weighted by Gasteiger charge is 2.31. The van der Waals surface area contributed by atoms with Gasteiger partial charge in [0.05, 0.1) is 9.98 Å². The van der Waals surface area contributed by atoms with E-state index in [1.807, 2.05) is 5.32 Å². The molecule has 8 heteroatoms. The Hall–Kier alpha value is -0.630. The first-order chi connectivity index (χ1) is 6.37. The molecule has 0 aliphatic rings. The maximum absolute atomic E-state index is 11.7. The summed E-state index contributed by atoms with van der Waals surface area (Å²) in [5, 5.41) is 2.18. The van der Waals surface area contributed by atoms with Crippen LogP contribution in [0.3, 0.4) is 0 Å². The molecular weight excluding hydrogens is 285 g/mol. The van der Waals surface area contributed by atoms with Crippen LogP contribution < -0.4 is 5.32 Å². The van der Waals surface area contributed by atoms with E-state index in [9.17, 15) is 18.0 Å². The van der Waals surface area contributed by atoms with Gasteiger partial charge in [0.15, 0.2) is 5.13 Å². The molecule has 1 aromatic rings. The second-order valence-electron chi connectivity index (χ2n) is 2.31. The third-order valence-corrected chi connectivity index (χ3v) is 2.48. The summed E-state index contributed by atoms with van der Waals surface area (Å²) >= 11 is 4.11. The Morgan fingerprint density at radius 3 is 2.71 bits per heavy atom. The number of carbonyl (C=O) groups excluding carboxylic acids is 1. The van der Waals surface area contributed by atoms with Crippen LogP contribution in [0.1, 0.15) is 6.42 Å². The van der Waals surface area contributed by atoms with Gasteiger partial charge in [0.1, 0.15) is 6.42 Å². The first-order valence-corrected chi connectivity index (χ1v) is 4.96. The molecule has 0 saturated carbocycles. The number of nitrogens with one attached hydrogen (secondary N) is 1. The average molecular weight is 289 g/mol. The molecule has 0 spiro atoms. The van der Waals surface area contributed by atoms with Crippen molar-refractivity contribution in [3.63, 3.8) is 0 Å². The highest BCUT2D eigenvalue weighted by Crippen LogP contribution is 2.25. The van der Waals surface area contributed by atoms with E-state index >= 15 is 0 Å². The molecule has 0 fully saturated rings. The van der Waals surface area contributed by atoms with Crippen molar-refractivity contribution < 1.29 is 18.0 Å². The lowest BCUT2D eigenvalue weighted by Gasteiger charge is -2.04. The molecule has 0 radical (unpaired) electrons. The summed E-state index contributed by atoms with van der Waals surface area (Å²) in [5.74, 6) is -1.11. The molecule has 1 rings (SSSR count). The molecule has 1 heterocycles. The maximum atomic E-state index is 11.7. The number of thiazole rings is 1. The minimum absolute atomic E-state index is 0.145. The van der Waals surface area contributed by atoms with Crippen LogP contribution in [0.25, 0.3) is 0 Å². The largest absolute Gasteiger partial charge is 0.397 e. The van der Waals surface area contributed by atoms with Crippen LogP contribution in [0.5, 0.6) is 0 Å². The molecule has 0 bridgehead atoms. The first kappa shape index (κ1) is 11.4. The highest BCUT2D eigenvalue weighted by atomic mass is 79.9. The molecule has 0 unspecified atom stereocenters. The lowest BCUT2D eigenvalue weighted by atomic mass is 10.4. The Labute approximate surface area is 89.5 Å². The van der Waals surface area contributed by atoms with Crippen molar-refractivity contribution in [2.24, 2.45) is 0 Å². The van der Waals surface area contributed by atoms with Crippen molar-refractivity contribution >= 4 is 38.3 Å². The number of hydrogen-bond acceptors (Lipinski definition) is 3. The van der Waals surface area contributed by atoms with Gasteiger partial charge in [0.25, 0.3) is 0 Å². The topological polar surface area (TPSA) is 42.0 Å².